The standard InChI is InChI=1S/C10H16N4O3/c1-2-11-9(17)14-5-3-10(4-6-14)7(15)12-8(16)13-10/h2-6H2,1H3,(H,11,17)(H2,12,13,15,16). The van der Waals surface area contributed by atoms with Gasteiger partial charge in [0.05, 0.1) is 0 Å². The molecule has 7 nitrogen and oxygen atoms in total. The van der Waals surface area contributed by atoms with E-state index >= 15 is 0 Å². The van der Waals surface area contributed by atoms with Crippen molar-refractivity contribution in [2.24, 2.45) is 0 Å². The highest BCUT2D eigenvalue weighted by Crippen LogP contribution is 2.25. The largest absolute Gasteiger partial charge is 0.338 e. The van der Waals surface area contributed by atoms with Crippen molar-refractivity contribution in [1.82, 2.24) is 20.9 Å². The highest BCUT2D eigenvalue weighted by Gasteiger charge is 2.48. The fourth-order valence-corrected chi connectivity index (χ4v) is 2.23. The van der Waals surface area contributed by atoms with Crippen molar-refractivity contribution in [3.05, 3.63) is 0 Å². The molecule has 0 saturated carbocycles. The van der Waals surface area contributed by atoms with Crippen LogP contribution >= 0.6 is 0 Å². The van der Waals surface area contributed by atoms with Crippen molar-refractivity contribution in [3.8, 4) is 0 Å². The minimum absolute atomic E-state index is 0.118. The lowest BCUT2D eigenvalue weighted by Crippen LogP contribution is -2.57. The summed E-state index contributed by atoms with van der Waals surface area (Å²) in [7, 11) is 0. The average Bonchev–Trinajstić information content (AvgIpc) is 2.55. The molecule has 0 aliphatic carbocycles. The van der Waals surface area contributed by atoms with Gasteiger partial charge < -0.3 is 15.5 Å². The van der Waals surface area contributed by atoms with Gasteiger partial charge in [0.2, 0.25) is 0 Å². The van der Waals surface area contributed by atoms with Crippen LogP contribution in [0.2, 0.25) is 0 Å². The van der Waals surface area contributed by atoms with Gasteiger partial charge in [-0.2, -0.15) is 0 Å². The summed E-state index contributed by atoms with van der Waals surface area (Å²) in [6, 6.07) is -0.562. The Kier molecular flexibility index (Phi) is 2.91. The number of likely N-dealkylation sites (tertiary alicyclic amines) is 1. The van der Waals surface area contributed by atoms with E-state index in [0.717, 1.165) is 0 Å². The van der Waals surface area contributed by atoms with Crippen LogP contribution in [0.15, 0.2) is 0 Å². The molecule has 0 atom stereocenters. The first-order valence-corrected chi connectivity index (χ1v) is 5.74. The Balaban J connectivity index is 1.96. The van der Waals surface area contributed by atoms with Crippen molar-refractivity contribution >= 4 is 18.0 Å². The molecular weight excluding hydrogens is 224 g/mol. The maximum absolute atomic E-state index is 11.7. The summed E-state index contributed by atoms with van der Waals surface area (Å²) >= 11 is 0. The molecule has 0 aromatic heterocycles. The van der Waals surface area contributed by atoms with Gasteiger partial charge in [0.1, 0.15) is 5.54 Å². The van der Waals surface area contributed by atoms with Crippen LogP contribution in [0, 0.1) is 0 Å². The smallest absolute Gasteiger partial charge is 0.322 e. The molecule has 3 N–H and O–H groups in total. The first kappa shape index (κ1) is 11.7. The number of carbonyl (C=O) groups excluding carboxylic acids is 3. The van der Waals surface area contributed by atoms with Crippen LogP contribution in [0.1, 0.15) is 19.8 Å². The molecule has 0 unspecified atom stereocenters. The van der Waals surface area contributed by atoms with Crippen molar-refractivity contribution < 1.29 is 14.4 Å². The molecule has 2 aliphatic heterocycles. The predicted octanol–water partition coefficient (Wildman–Crippen LogP) is -0.610. The van der Waals surface area contributed by atoms with Crippen LogP contribution in [0.25, 0.3) is 0 Å². The minimum atomic E-state index is -0.805. The van der Waals surface area contributed by atoms with Gasteiger partial charge in [0.25, 0.3) is 5.91 Å². The molecule has 0 aromatic carbocycles. The molecule has 7 heteroatoms. The Bertz CT molecular complexity index is 361. The normalized spacial score (nSPS) is 22.3. The predicted molar refractivity (Wildman–Crippen MR) is 59.3 cm³/mol. The lowest BCUT2D eigenvalue weighted by molar-refractivity contribution is -0.125. The Morgan fingerprint density at radius 1 is 1.41 bits per heavy atom. The van der Waals surface area contributed by atoms with Gasteiger partial charge >= 0.3 is 12.1 Å². The molecule has 1 spiro atoms. The second-order valence-electron chi connectivity index (χ2n) is 4.31. The first-order chi connectivity index (χ1) is 8.07. The number of piperidine rings is 1. The number of rotatable bonds is 1. The number of urea groups is 2. The zero-order chi connectivity index (χ0) is 12.5. The Labute approximate surface area is 98.9 Å². The lowest BCUT2D eigenvalue weighted by atomic mass is 9.88. The Hall–Kier alpha value is -1.79. The van der Waals surface area contributed by atoms with Crippen LogP contribution in [0.3, 0.4) is 0 Å². The van der Waals surface area contributed by atoms with E-state index in [1.54, 1.807) is 4.90 Å². The third kappa shape index (κ3) is 2.04. The maximum atomic E-state index is 11.7. The van der Waals surface area contributed by atoms with E-state index in [2.05, 4.69) is 16.0 Å². The quantitative estimate of drug-likeness (QED) is 0.534. The third-order valence-electron chi connectivity index (χ3n) is 3.25. The summed E-state index contributed by atoms with van der Waals surface area (Å²) in [6.45, 7) is 3.38. The fraction of sp³-hybridized carbons (Fsp3) is 0.700. The first-order valence-electron chi connectivity index (χ1n) is 5.74. The van der Waals surface area contributed by atoms with Crippen LogP contribution in [-0.4, -0.2) is 48.0 Å². The monoisotopic (exact) mass is 240 g/mol. The van der Waals surface area contributed by atoms with Crippen molar-refractivity contribution in [2.75, 3.05) is 19.6 Å². The SMILES string of the molecule is CCNC(=O)N1CCC2(CC1)NC(=O)NC2=O. The summed E-state index contributed by atoms with van der Waals surface area (Å²) < 4.78 is 0. The van der Waals surface area contributed by atoms with Gasteiger partial charge in [-0.15, -0.1) is 0 Å². The number of hydrogen-bond donors (Lipinski definition) is 3. The highest BCUT2D eigenvalue weighted by atomic mass is 16.2. The molecule has 0 radical (unpaired) electrons. The molecule has 0 bridgehead atoms. The number of carbonyl (C=O) groups is 3. The minimum Gasteiger partial charge on any atom is -0.338 e. The van der Waals surface area contributed by atoms with Crippen LogP contribution in [-0.2, 0) is 4.79 Å². The summed E-state index contributed by atoms with van der Waals surface area (Å²) in [5.74, 6) is -0.280. The van der Waals surface area contributed by atoms with Crippen molar-refractivity contribution in [1.29, 1.82) is 0 Å². The maximum Gasteiger partial charge on any atom is 0.322 e. The van der Waals surface area contributed by atoms with E-state index in [1.807, 2.05) is 6.92 Å². The Morgan fingerprint density at radius 3 is 2.53 bits per heavy atom. The molecule has 2 fully saturated rings. The lowest BCUT2D eigenvalue weighted by Gasteiger charge is -2.36. The van der Waals surface area contributed by atoms with Gasteiger partial charge in [-0.05, 0) is 19.8 Å². The van der Waals surface area contributed by atoms with Gasteiger partial charge in [0, 0.05) is 19.6 Å². The summed E-state index contributed by atoms with van der Waals surface area (Å²) in [6.07, 6.45) is 0.920. The van der Waals surface area contributed by atoms with Gasteiger partial charge in [0.15, 0.2) is 0 Å². The van der Waals surface area contributed by atoms with E-state index in [1.165, 1.54) is 0 Å². The van der Waals surface area contributed by atoms with Crippen LogP contribution < -0.4 is 16.0 Å². The highest BCUT2D eigenvalue weighted by molar-refractivity contribution is 6.07. The Morgan fingerprint density at radius 2 is 2.06 bits per heavy atom. The molecule has 94 valence electrons. The number of amides is 5. The zero-order valence-corrected chi connectivity index (χ0v) is 9.71. The van der Waals surface area contributed by atoms with Crippen molar-refractivity contribution in [2.45, 2.75) is 25.3 Å². The summed E-state index contributed by atoms with van der Waals surface area (Å²) in [5, 5.41) is 7.60. The number of nitrogens with zero attached hydrogens (tertiary/aromatic N) is 1. The summed E-state index contributed by atoms with van der Waals surface area (Å²) in [5.41, 5.74) is -0.805. The molecule has 17 heavy (non-hydrogen) atoms. The van der Waals surface area contributed by atoms with Gasteiger partial charge in [-0.3, -0.25) is 10.1 Å². The van der Waals surface area contributed by atoms with E-state index in [9.17, 15) is 14.4 Å². The summed E-state index contributed by atoms with van der Waals surface area (Å²) in [4.78, 5) is 36.0. The van der Waals surface area contributed by atoms with E-state index in [4.69, 9.17) is 0 Å². The molecule has 0 aromatic rings. The molecule has 2 saturated heterocycles. The average molecular weight is 240 g/mol. The zero-order valence-electron chi connectivity index (χ0n) is 9.71. The van der Waals surface area contributed by atoms with Gasteiger partial charge in [-0.25, -0.2) is 9.59 Å². The van der Waals surface area contributed by atoms with Crippen LogP contribution in [0.4, 0.5) is 9.59 Å². The second kappa shape index (κ2) is 4.23. The third-order valence-corrected chi connectivity index (χ3v) is 3.25. The molecule has 2 heterocycles. The molecule has 2 rings (SSSR count). The molecule has 2 aliphatic rings. The second-order valence-corrected chi connectivity index (χ2v) is 4.31. The fourth-order valence-electron chi connectivity index (χ4n) is 2.23. The van der Waals surface area contributed by atoms with E-state index in [0.29, 0.717) is 32.5 Å². The molecular formula is C10H16N4O3. The number of hydrogen-bond acceptors (Lipinski definition) is 3. The van der Waals surface area contributed by atoms with Crippen molar-refractivity contribution in [3.63, 3.8) is 0 Å². The van der Waals surface area contributed by atoms with E-state index in [-0.39, 0.29) is 11.9 Å². The van der Waals surface area contributed by atoms with E-state index < -0.39 is 11.6 Å². The topological polar surface area (TPSA) is 90.5 Å². The van der Waals surface area contributed by atoms with Gasteiger partial charge in [-0.1, -0.05) is 0 Å². The number of imide groups is 1. The molecule has 5 amide bonds. The number of nitrogens with one attached hydrogen (secondary N) is 3. The van der Waals surface area contributed by atoms with Crippen LogP contribution in [0.5, 0.6) is 0 Å².